The van der Waals surface area contributed by atoms with Crippen LogP contribution in [-0.2, 0) is 6.42 Å². The van der Waals surface area contributed by atoms with Crippen molar-refractivity contribution in [2.45, 2.75) is 31.7 Å². The van der Waals surface area contributed by atoms with Crippen molar-refractivity contribution in [1.29, 1.82) is 0 Å². The monoisotopic (exact) mass is 165 g/mol. The Kier molecular flexibility index (Phi) is 2.17. The normalized spacial score (nSPS) is 29.4. The Morgan fingerprint density at radius 1 is 1.50 bits per heavy atom. The van der Waals surface area contributed by atoms with Crippen LogP contribution in [0.3, 0.4) is 0 Å². The summed E-state index contributed by atoms with van der Waals surface area (Å²) in [5, 5.41) is 0. The van der Waals surface area contributed by atoms with Gasteiger partial charge in [-0.3, -0.25) is 0 Å². The lowest BCUT2D eigenvalue weighted by Gasteiger charge is -2.13. The van der Waals surface area contributed by atoms with Crippen LogP contribution in [0.1, 0.15) is 24.8 Å². The van der Waals surface area contributed by atoms with Crippen LogP contribution in [0.25, 0.3) is 0 Å². The molecule has 2 heteroatoms. The molecule has 2 N–H and O–H groups in total. The Balaban J connectivity index is 1.95. The first-order chi connectivity index (χ1) is 5.86. The summed E-state index contributed by atoms with van der Waals surface area (Å²) in [6, 6.07) is 2.45. The summed E-state index contributed by atoms with van der Waals surface area (Å²) in [5.41, 5.74) is 7.25. The Bertz CT molecular complexity index is 230. The maximum absolute atomic E-state index is 5.96. The molecule has 1 heterocycles. The summed E-state index contributed by atoms with van der Waals surface area (Å²) in [6.45, 7) is 0. The number of hydrogen-bond donors (Lipinski definition) is 1. The second-order valence-corrected chi connectivity index (χ2v) is 3.69. The molecule has 2 nitrogen and oxygen atoms in total. The summed E-state index contributed by atoms with van der Waals surface area (Å²) in [6.07, 6.45) is 8.43. The molecule has 2 atom stereocenters. The van der Waals surface area contributed by atoms with Crippen LogP contribution in [-0.4, -0.2) is 6.04 Å². The summed E-state index contributed by atoms with van der Waals surface area (Å²) in [7, 11) is 0. The van der Waals surface area contributed by atoms with Gasteiger partial charge in [-0.05, 0) is 36.8 Å². The van der Waals surface area contributed by atoms with Gasteiger partial charge in [-0.15, -0.1) is 0 Å². The summed E-state index contributed by atoms with van der Waals surface area (Å²) in [5.74, 6) is 0.683. The molecule has 0 radical (unpaired) electrons. The summed E-state index contributed by atoms with van der Waals surface area (Å²) in [4.78, 5) is 0. The zero-order chi connectivity index (χ0) is 8.39. The summed E-state index contributed by atoms with van der Waals surface area (Å²) >= 11 is 0. The molecule has 1 aromatic heterocycles. The molecule has 1 saturated carbocycles. The van der Waals surface area contributed by atoms with Gasteiger partial charge in [0, 0.05) is 6.04 Å². The molecule has 0 amide bonds. The average Bonchev–Trinajstić information content (AvgIpc) is 2.65. The molecule has 0 spiro atoms. The molecule has 0 aromatic carbocycles. The minimum absolute atomic E-state index is 0.417. The zero-order valence-electron chi connectivity index (χ0n) is 7.20. The molecule has 12 heavy (non-hydrogen) atoms. The van der Waals surface area contributed by atoms with Crippen molar-refractivity contribution in [1.82, 2.24) is 0 Å². The maximum atomic E-state index is 5.96. The molecule has 1 aliphatic carbocycles. The molecule has 66 valence electrons. The second-order valence-electron chi connectivity index (χ2n) is 3.69. The van der Waals surface area contributed by atoms with Crippen molar-refractivity contribution in [2.24, 2.45) is 11.7 Å². The lowest BCUT2D eigenvalue weighted by atomic mass is 9.97. The largest absolute Gasteiger partial charge is 0.472 e. The third kappa shape index (κ3) is 1.53. The van der Waals surface area contributed by atoms with Gasteiger partial charge < -0.3 is 10.2 Å². The Morgan fingerprint density at radius 3 is 3.00 bits per heavy atom. The van der Waals surface area contributed by atoms with Crippen molar-refractivity contribution in [3.63, 3.8) is 0 Å². The SMILES string of the molecule is NC1CCCC1Cc1ccoc1. The molecule has 1 aliphatic rings. The smallest absolute Gasteiger partial charge is 0.0934 e. The van der Waals surface area contributed by atoms with Crippen molar-refractivity contribution < 1.29 is 4.42 Å². The van der Waals surface area contributed by atoms with Crippen LogP contribution in [0.15, 0.2) is 23.0 Å². The van der Waals surface area contributed by atoms with Gasteiger partial charge >= 0.3 is 0 Å². The lowest BCUT2D eigenvalue weighted by molar-refractivity contribution is 0.474. The Hall–Kier alpha value is -0.760. The molecular formula is C10H15NO. The van der Waals surface area contributed by atoms with Gasteiger partial charge in [0.05, 0.1) is 12.5 Å². The van der Waals surface area contributed by atoms with Crippen molar-refractivity contribution in [3.8, 4) is 0 Å². The molecule has 2 unspecified atom stereocenters. The van der Waals surface area contributed by atoms with Crippen molar-refractivity contribution in [3.05, 3.63) is 24.2 Å². The average molecular weight is 165 g/mol. The molecule has 0 aliphatic heterocycles. The molecule has 1 aromatic rings. The van der Waals surface area contributed by atoms with Crippen LogP contribution in [0.4, 0.5) is 0 Å². The molecule has 1 fully saturated rings. The van der Waals surface area contributed by atoms with Gasteiger partial charge in [-0.1, -0.05) is 6.42 Å². The minimum Gasteiger partial charge on any atom is -0.472 e. The predicted molar refractivity (Wildman–Crippen MR) is 47.7 cm³/mol. The number of rotatable bonds is 2. The fourth-order valence-electron chi connectivity index (χ4n) is 2.03. The lowest BCUT2D eigenvalue weighted by Crippen LogP contribution is -2.25. The van der Waals surface area contributed by atoms with Gasteiger partial charge in [-0.25, -0.2) is 0 Å². The van der Waals surface area contributed by atoms with Gasteiger partial charge in [0.25, 0.3) is 0 Å². The van der Waals surface area contributed by atoms with E-state index in [-0.39, 0.29) is 0 Å². The van der Waals surface area contributed by atoms with Crippen LogP contribution in [0.5, 0.6) is 0 Å². The molecule has 0 saturated heterocycles. The number of hydrogen-bond acceptors (Lipinski definition) is 2. The van der Waals surface area contributed by atoms with Crippen molar-refractivity contribution >= 4 is 0 Å². The highest BCUT2D eigenvalue weighted by molar-refractivity contribution is 5.07. The van der Waals surface area contributed by atoms with E-state index in [1.807, 2.05) is 12.3 Å². The van der Waals surface area contributed by atoms with Crippen LogP contribution < -0.4 is 5.73 Å². The highest BCUT2D eigenvalue weighted by atomic mass is 16.3. The third-order valence-corrected chi connectivity index (χ3v) is 2.80. The van der Waals surface area contributed by atoms with E-state index in [1.54, 1.807) is 6.26 Å². The van der Waals surface area contributed by atoms with Gasteiger partial charge in [-0.2, -0.15) is 0 Å². The van der Waals surface area contributed by atoms with E-state index in [9.17, 15) is 0 Å². The first-order valence-corrected chi connectivity index (χ1v) is 4.63. The molecule has 0 bridgehead atoms. The first kappa shape index (κ1) is 7.87. The first-order valence-electron chi connectivity index (χ1n) is 4.63. The van der Waals surface area contributed by atoms with E-state index < -0.39 is 0 Å². The van der Waals surface area contributed by atoms with Crippen molar-refractivity contribution in [2.75, 3.05) is 0 Å². The van der Waals surface area contributed by atoms with E-state index in [4.69, 9.17) is 10.2 Å². The van der Waals surface area contributed by atoms with E-state index in [0.29, 0.717) is 12.0 Å². The maximum Gasteiger partial charge on any atom is 0.0934 e. The standard InChI is InChI=1S/C10H15NO/c11-10-3-1-2-9(10)6-8-4-5-12-7-8/h4-5,7,9-10H,1-3,6,11H2. The topological polar surface area (TPSA) is 39.2 Å². The molecular weight excluding hydrogens is 150 g/mol. The summed E-state index contributed by atoms with van der Waals surface area (Å²) < 4.78 is 5.02. The van der Waals surface area contributed by atoms with E-state index in [1.165, 1.54) is 24.8 Å². The third-order valence-electron chi connectivity index (χ3n) is 2.80. The fourth-order valence-corrected chi connectivity index (χ4v) is 2.03. The Labute approximate surface area is 72.7 Å². The van der Waals surface area contributed by atoms with Crippen LogP contribution >= 0.6 is 0 Å². The number of furan rings is 1. The fraction of sp³-hybridized carbons (Fsp3) is 0.600. The predicted octanol–water partition coefficient (Wildman–Crippen LogP) is 1.95. The van der Waals surface area contributed by atoms with E-state index >= 15 is 0 Å². The highest BCUT2D eigenvalue weighted by Gasteiger charge is 2.23. The number of nitrogens with two attached hydrogens (primary N) is 1. The zero-order valence-corrected chi connectivity index (χ0v) is 7.20. The van der Waals surface area contributed by atoms with Gasteiger partial charge in [0.15, 0.2) is 0 Å². The second kappa shape index (κ2) is 3.31. The van der Waals surface area contributed by atoms with Crippen LogP contribution in [0, 0.1) is 5.92 Å². The van der Waals surface area contributed by atoms with Crippen LogP contribution in [0.2, 0.25) is 0 Å². The highest BCUT2D eigenvalue weighted by Crippen LogP contribution is 2.27. The minimum atomic E-state index is 0.417. The molecule has 2 rings (SSSR count). The quantitative estimate of drug-likeness (QED) is 0.727. The van der Waals surface area contributed by atoms with E-state index in [2.05, 4.69) is 0 Å². The van der Waals surface area contributed by atoms with E-state index in [0.717, 1.165) is 6.42 Å². The van der Waals surface area contributed by atoms with Gasteiger partial charge in [0.1, 0.15) is 0 Å². The van der Waals surface area contributed by atoms with Gasteiger partial charge in [0.2, 0.25) is 0 Å². The Morgan fingerprint density at radius 2 is 2.42 bits per heavy atom.